The average Bonchev–Trinajstić information content (AvgIpc) is 2.24. The summed E-state index contributed by atoms with van der Waals surface area (Å²) in [4.78, 5) is 10.4. The van der Waals surface area contributed by atoms with Crippen LogP contribution in [0.25, 0.3) is 0 Å². The van der Waals surface area contributed by atoms with Gasteiger partial charge < -0.3 is 10.4 Å². The fraction of sp³-hybridized carbons (Fsp3) is 0.500. The van der Waals surface area contributed by atoms with Gasteiger partial charge in [-0.25, -0.2) is 0 Å². The van der Waals surface area contributed by atoms with Gasteiger partial charge in [0, 0.05) is 17.1 Å². The second kappa shape index (κ2) is 5.67. The molecule has 5 nitrogen and oxygen atoms in total. The van der Waals surface area contributed by atoms with Crippen LogP contribution in [0.1, 0.15) is 20.8 Å². The lowest BCUT2D eigenvalue weighted by molar-refractivity contribution is -0.384. The Morgan fingerprint density at radius 3 is 2.61 bits per heavy atom. The van der Waals surface area contributed by atoms with Crippen molar-refractivity contribution >= 4 is 27.3 Å². The lowest BCUT2D eigenvalue weighted by Crippen LogP contribution is -2.32. The van der Waals surface area contributed by atoms with Crippen molar-refractivity contribution in [3.63, 3.8) is 0 Å². The van der Waals surface area contributed by atoms with Crippen LogP contribution < -0.4 is 5.32 Å². The highest BCUT2D eigenvalue weighted by Crippen LogP contribution is 2.28. The van der Waals surface area contributed by atoms with Crippen molar-refractivity contribution in [3.8, 4) is 0 Å². The van der Waals surface area contributed by atoms with E-state index >= 15 is 0 Å². The molecule has 18 heavy (non-hydrogen) atoms. The van der Waals surface area contributed by atoms with Crippen molar-refractivity contribution in [1.29, 1.82) is 0 Å². The Hall–Kier alpha value is -1.14. The van der Waals surface area contributed by atoms with E-state index in [4.69, 9.17) is 0 Å². The molecule has 0 saturated carbocycles. The molecule has 0 aliphatic rings. The molecule has 0 aliphatic heterocycles. The monoisotopic (exact) mass is 316 g/mol. The van der Waals surface area contributed by atoms with Crippen LogP contribution in [-0.2, 0) is 0 Å². The van der Waals surface area contributed by atoms with E-state index in [-0.39, 0.29) is 17.6 Å². The molecule has 1 rings (SSSR count). The lowest BCUT2D eigenvalue weighted by atomic mass is 9.89. The Balaban J connectivity index is 2.84. The molecular formula is C12H17BrN2O3. The van der Waals surface area contributed by atoms with Gasteiger partial charge in [0.15, 0.2) is 0 Å². The quantitative estimate of drug-likeness (QED) is 0.660. The van der Waals surface area contributed by atoms with Crippen LogP contribution in [0.5, 0.6) is 0 Å². The van der Waals surface area contributed by atoms with Gasteiger partial charge in [-0.1, -0.05) is 36.7 Å². The van der Waals surface area contributed by atoms with Crippen LogP contribution >= 0.6 is 15.9 Å². The Labute approximate surface area is 114 Å². The van der Waals surface area contributed by atoms with Crippen LogP contribution in [0.4, 0.5) is 11.4 Å². The molecule has 0 spiro atoms. The highest BCUT2D eigenvalue weighted by Gasteiger charge is 2.23. The molecule has 0 amide bonds. The number of rotatable bonds is 4. The van der Waals surface area contributed by atoms with E-state index in [9.17, 15) is 15.2 Å². The summed E-state index contributed by atoms with van der Waals surface area (Å²) in [5, 5.41) is 23.7. The summed E-state index contributed by atoms with van der Waals surface area (Å²) in [5.74, 6) is 0. The maximum absolute atomic E-state index is 10.9. The van der Waals surface area contributed by atoms with Crippen molar-refractivity contribution in [2.45, 2.75) is 26.9 Å². The van der Waals surface area contributed by atoms with E-state index in [0.717, 1.165) is 4.47 Å². The summed E-state index contributed by atoms with van der Waals surface area (Å²) in [6.07, 6.45) is -0.587. The van der Waals surface area contributed by atoms with Gasteiger partial charge in [-0.2, -0.15) is 0 Å². The normalized spacial score (nSPS) is 13.2. The number of halogens is 1. The molecule has 1 unspecified atom stereocenters. The van der Waals surface area contributed by atoms with Gasteiger partial charge in [0.1, 0.15) is 5.69 Å². The summed E-state index contributed by atoms with van der Waals surface area (Å²) < 4.78 is 0.751. The van der Waals surface area contributed by atoms with Gasteiger partial charge in [-0.3, -0.25) is 10.1 Å². The van der Waals surface area contributed by atoms with Gasteiger partial charge in [-0.05, 0) is 17.5 Å². The minimum Gasteiger partial charge on any atom is -0.391 e. The first-order chi connectivity index (χ1) is 8.21. The second-order valence-electron chi connectivity index (χ2n) is 5.18. The largest absolute Gasteiger partial charge is 0.391 e. The molecule has 0 saturated heterocycles. The number of hydrogen-bond donors (Lipinski definition) is 2. The number of hydrogen-bond acceptors (Lipinski definition) is 4. The lowest BCUT2D eigenvalue weighted by Gasteiger charge is -2.26. The predicted molar refractivity (Wildman–Crippen MR) is 74.7 cm³/mol. The molecule has 0 fully saturated rings. The third kappa shape index (κ3) is 3.96. The minimum absolute atomic E-state index is 0.000640. The molecule has 0 heterocycles. The van der Waals surface area contributed by atoms with Crippen LogP contribution in [0.15, 0.2) is 22.7 Å². The van der Waals surface area contributed by atoms with Gasteiger partial charge >= 0.3 is 0 Å². The van der Waals surface area contributed by atoms with Crippen molar-refractivity contribution in [2.75, 3.05) is 11.9 Å². The van der Waals surface area contributed by atoms with E-state index < -0.39 is 11.0 Å². The zero-order chi connectivity index (χ0) is 13.9. The number of nitro benzene ring substituents is 1. The fourth-order valence-corrected chi connectivity index (χ4v) is 1.68. The Morgan fingerprint density at radius 1 is 1.50 bits per heavy atom. The van der Waals surface area contributed by atoms with Gasteiger partial charge in [0.2, 0.25) is 0 Å². The SMILES string of the molecule is CC(C)(C)C(O)CNc1cc(Br)ccc1[N+](=O)[O-]. The number of nitrogens with zero attached hydrogens (tertiary/aromatic N) is 1. The Kier molecular flexibility index (Phi) is 4.70. The molecule has 0 aromatic heterocycles. The topological polar surface area (TPSA) is 75.4 Å². The fourth-order valence-electron chi connectivity index (χ4n) is 1.32. The average molecular weight is 317 g/mol. The van der Waals surface area contributed by atoms with Crippen LogP contribution in [0, 0.1) is 15.5 Å². The summed E-state index contributed by atoms with van der Waals surface area (Å²) in [6, 6.07) is 4.67. The molecule has 1 aromatic carbocycles. The maximum atomic E-state index is 10.9. The van der Waals surface area contributed by atoms with E-state index in [0.29, 0.717) is 5.69 Å². The van der Waals surface area contributed by atoms with Crippen molar-refractivity contribution < 1.29 is 10.0 Å². The molecule has 0 aliphatic carbocycles. The number of nitro groups is 1. The van der Waals surface area contributed by atoms with Crippen LogP contribution in [0.2, 0.25) is 0 Å². The second-order valence-corrected chi connectivity index (χ2v) is 6.10. The smallest absolute Gasteiger partial charge is 0.292 e. The van der Waals surface area contributed by atoms with Crippen LogP contribution in [0.3, 0.4) is 0 Å². The third-order valence-electron chi connectivity index (χ3n) is 2.64. The van der Waals surface area contributed by atoms with Crippen molar-refractivity contribution in [2.24, 2.45) is 5.41 Å². The Morgan fingerprint density at radius 2 is 2.11 bits per heavy atom. The third-order valence-corrected chi connectivity index (χ3v) is 3.13. The first kappa shape index (κ1) is 14.9. The van der Waals surface area contributed by atoms with E-state index in [2.05, 4.69) is 21.2 Å². The van der Waals surface area contributed by atoms with Crippen LogP contribution in [-0.4, -0.2) is 22.7 Å². The zero-order valence-electron chi connectivity index (χ0n) is 10.6. The minimum atomic E-state index is -0.587. The summed E-state index contributed by atoms with van der Waals surface area (Å²) >= 11 is 3.27. The van der Waals surface area contributed by atoms with E-state index in [1.54, 1.807) is 12.1 Å². The standard InChI is InChI=1S/C12H17BrN2O3/c1-12(2,3)11(16)7-14-9-6-8(13)4-5-10(9)15(17)18/h4-6,11,14,16H,7H2,1-3H3. The van der Waals surface area contributed by atoms with E-state index in [1.165, 1.54) is 6.07 Å². The van der Waals surface area contributed by atoms with E-state index in [1.807, 2.05) is 20.8 Å². The first-order valence-corrected chi connectivity index (χ1v) is 6.37. The molecule has 1 aromatic rings. The Bertz CT molecular complexity index is 443. The molecule has 0 radical (unpaired) electrons. The number of anilines is 1. The molecular weight excluding hydrogens is 300 g/mol. The number of aliphatic hydroxyl groups is 1. The summed E-state index contributed by atoms with van der Waals surface area (Å²) in [7, 11) is 0. The number of benzene rings is 1. The van der Waals surface area contributed by atoms with Gasteiger partial charge in [0.25, 0.3) is 5.69 Å². The first-order valence-electron chi connectivity index (χ1n) is 5.57. The summed E-state index contributed by atoms with van der Waals surface area (Å²) in [5.41, 5.74) is 0.130. The van der Waals surface area contributed by atoms with Crippen molar-refractivity contribution in [1.82, 2.24) is 0 Å². The van der Waals surface area contributed by atoms with Crippen molar-refractivity contribution in [3.05, 3.63) is 32.8 Å². The highest BCUT2D eigenvalue weighted by molar-refractivity contribution is 9.10. The molecule has 0 bridgehead atoms. The maximum Gasteiger partial charge on any atom is 0.292 e. The molecule has 6 heteroatoms. The predicted octanol–water partition coefficient (Wildman–Crippen LogP) is 3.18. The molecule has 100 valence electrons. The molecule has 2 N–H and O–H groups in total. The van der Waals surface area contributed by atoms with Gasteiger partial charge in [0.05, 0.1) is 11.0 Å². The zero-order valence-corrected chi connectivity index (χ0v) is 12.2. The number of aliphatic hydroxyl groups excluding tert-OH is 1. The highest BCUT2D eigenvalue weighted by atomic mass is 79.9. The molecule has 1 atom stereocenters. The number of nitrogens with one attached hydrogen (secondary N) is 1. The summed E-state index contributed by atoms with van der Waals surface area (Å²) in [6.45, 7) is 6.00. The van der Waals surface area contributed by atoms with Gasteiger partial charge in [-0.15, -0.1) is 0 Å².